The third-order valence-electron chi connectivity index (χ3n) is 3.71. The molecule has 126 valence electrons. The second-order valence-electron chi connectivity index (χ2n) is 6.02. The number of hydrogen-bond acceptors (Lipinski definition) is 4. The van der Waals surface area contributed by atoms with Crippen LogP contribution in [0.5, 0.6) is 11.5 Å². The molecule has 0 amide bonds. The van der Waals surface area contributed by atoms with E-state index in [9.17, 15) is 5.11 Å². The van der Waals surface area contributed by atoms with Crippen molar-refractivity contribution in [3.63, 3.8) is 0 Å². The van der Waals surface area contributed by atoms with Gasteiger partial charge in [0.2, 0.25) is 0 Å². The molecule has 0 radical (unpaired) electrons. The molecule has 1 aliphatic rings. The molecule has 0 fully saturated rings. The first-order chi connectivity index (χ1) is 11.6. The fourth-order valence-electron chi connectivity index (χ4n) is 2.52. The molecule has 0 N–H and O–H groups in total. The number of aryl methyl sites for hydroxylation is 1. The Morgan fingerprint density at radius 1 is 1.12 bits per heavy atom. The normalized spacial score (nSPS) is 14.8. The van der Waals surface area contributed by atoms with Gasteiger partial charge in [-0.25, -0.2) is 0 Å². The molecule has 2 aromatic carbocycles. The van der Waals surface area contributed by atoms with Crippen molar-refractivity contribution in [3.05, 3.63) is 71.4 Å². The first-order valence-electron chi connectivity index (χ1n) is 8.16. The van der Waals surface area contributed by atoms with Crippen molar-refractivity contribution in [2.24, 2.45) is 0 Å². The van der Waals surface area contributed by atoms with Gasteiger partial charge in [0.1, 0.15) is 23.9 Å². The molecule has 0 aromatic heterocycles. The molecule has 3 rings (SSSR count). The van der Waals surface area contributed by atoms with Gasteiger partial charge < -0.3 is 19.3 Å². The molecule has 2 aromatic rings. The number of ether oxygens (including phenoxy) is 3. The van der Waals surface area contributed by atoms with Crippen LogP contribution in [0.15, 0.2) is 60.2 Å². The van der Waals surface area contributed by atoms with Gasteiger partial charge in [-0.3, -0.25) is 0 Å². The van der Waals surface area contributed by atoms with Crippen LogP contribution in [-0.4, -0.2) is 6.10 Å². The maximum absolute atomic E-state index is 12.0. The van der Waals surface area contributed by atoms with Crippen LogP contribution in [0.25, 0.3) is 0 Å². The summed E-state index contributed by atoms with van der Waals surface area (Å²) in [6.45, 7) is 4.14. The standard InChI is InChI=1S/C20H22O4.Na/c1-14(2)23-20(21)18-11-9-16-8-10-17(12-19(16)24-18)22-13-15-6-4-3-5-7-15;/h3-8,10,12,14,21H,9,11,13H2,1-2H3;/q;+1/p-1/b20-18+;. The van der Waals surface area contributed by atoms with Gasteiger partial charge in [-0.1, -0.05) is 50.2 Å². The zero-order chi connectivity index (χ0) is 16.9. The largest absolute Gasteiger partial charge is 1.00 e. The maximum atomic E-state index is 12.0. The molecule has 0 aliphatic carbocycles. The van der Waals surface area contributed by atoms with Gasteiger partial charge in [-0.2, -0.15) is 0 Å². The van der Waals surface area contributed by atoms with Gasteiger partial charge in [-0.15, -0.1) is 0 Å². The summed E-state index contributed by atoms with van der Waals surface area (Å²) in [5.74, 6) is 1.36. The fraction of sp³-hybridized carbons (Fsp3) is 0.300. The molecule has 0 atom stereocenters. The Bertz CT molecular complexity index is 726. The van der Waals surface area contributed by atoms with E-state index >= 15 is 0 Å². The number of fused-ring (bicyclic) bond motifs is 1. The fourth-order valence-corrected chi connectivity index (χ4v) is 2.52. The van der Waals surface area contributed by atoms with E-state index < -0.39 is 0 Å². The van der Waals surface area contributed by atoms with Crippen molar-refractivity contribution in [3.8, 4) is 11.5 Å². The summed E-state index contributed by atoms with van der Waals surface area (Å²) in [6, 6.07) is 15.7. The van der Waals surface area contributed by atoms with Gasteiger partial charge in [-0.05, 0) is 29.7 Å². The van der Waals surface area contributed by atoms with Crippen LogP contribution in [0.3, 0.4) is 0 Å². The van der Waals surface area contributed by atoms with Crippen molar-refractivity contribution in [2.45, 2.75) is 39.4 Å². The van der Waals surface area contributed by atoms with E-state index in [1.54, 1.807) is 0 Å². The summed E-state index contributed by atoms with van der Waals surface area (Å²) >= 11 is 0. The van der Waals surface area contributed by atoms with Crippen LogP contribution in [0.1, 0.15) is 31.4 Å². The predicted octanol–water partition coefficient (Wildman–Crippen LogP) is 0.549. The monoisotopic (exact) mass is 348 g/mol. The molecule has 25 heavy (non-hydrogen) atoms. The van der Waals surface area contributed by atoms with Crippen molar-refractivity contribution >= 4 is 0 Å². The molecule has 0 bridgehead atoms. The minimum atomic E-state index is -0.383. The van der Waals surface area contributed by atoms with Gasteiger partial charge in [0.05, 0.1) is 5.95 Å². The Kier molecular flexibility index (Phi) is 7.24. The first-order valence-corrected chi connectivity index (χ1v) is 8.16. The van der Waals surface area contributed by atoms with Crippen LogP contribution < -0.4 is 44.1 Å². The zero-order valence-corrected chi connectivity index (χ0v) is 17.0. The number of rotatable bonds is 5. The molecule has 1 heterocycles. The Morgan fingerprint density at radius 2 is 1.88 bits per heavy atom. The molecule has 0 spiro atoms. The maximum Gasteiger partial charge on any atom is 1.00 e. The zero-order valence-electron chi connectivity index (χ0n) is 15.0. The van der Waals surface area contributed by atoms with Crippen molar-refractivity contribution < 1.29 is 48.9 Å². The quantitative estimate of drug-likeness (QED) is 0.585. The smallest absolute Gasteiger partial charge is 0.608 e. The van der Waals surface area contributed by atoms with Crippen LogP contribution in [0.4, 0.5) is 0 Å². The molecule has 0 saturated carbocycles. The molecule has 0 unspecified atom stereocenters. The number of benzene rings is 2. The van der Waals surface area contributed by atoms with Gasteiger partial charge >= 0.3 is 29.6 Å². The summed E-state index contributed by atoms with van der Waals surface area (Å²) in [7, 11) is 0. The molecular weight excluding hydrogens is 327 g/mol. The van der Waals surface area contributed by atoms with Gasteiger partial charge in [0.15, 0.2) is 0 Å². The van der Waals surface area contributed by atoms with Crippen LogP contribution in [-0.2, 0) is 17.8 Å². The summed E-state index contributed by atoms with van der Waals surface area (Å²) in [4.78, 5) is 0. The first kappa shape index (κ1) is 19.7. The molecule has 0 saturated heterocycles. The van der Waals surface area contributed by atoms with E-state index in [0.29, 0.717) is 24.5 Å². The van der Waals surface area contributed by atoms with Crippen molar-refractivity contribution in [1.29, 1.82) is 0 Å². The van der Waals surface area contributed by atoms with Gasteiger partial charge in [0.25, 0.3) is 0 Å². The van der Waals surface area contributed by atoms with E-state index in [2.05, 4.69) is 0 Å². The topological polar surface area (TPSA) is 50.8 Å². The van der Waals surface area contributed by atoms with Gasteiger partial charge in [0, 0.05) is 12.5 Å². The third-order valence-corrected chi connectivity index (χ3v) is 3.71. The Hall–Kier alpha value is -1.62. The van der Waals surface area contributed by atoms with E-state index in [1.165, 1.54) is 0 Å². The van der Waals surface area contributed by atoms with Crippen molar-refractivity contribution in [2.75, 3.05) is 0 Å². The average Bonchev–Trinajstić information content (AvgIpc) is 2.59. The van der Waals surface area contributed by atoms with E-state index in [-0.39, 0.29) is 41.6 Å². The number of hydrogen-bond donors (Lipinski definition) is 0. The second kappa shape index (κ2) is 9.18. The van der Waals surface area contributed by atoms with E-state index in [0.717, 1.165) is 23.3 Å². The number of allylic oxidation sites excluding steroid dienone is 1. The van der Waals surface area contributed by atoms with Crippen LogP contribution >= 0.6 is 0 Å². The summed E-state index contributed by atoms with van der Waals surface area (Å²) < 4.78 is 16.8. The Morgan fingerprint density at radius 3 is 2.60 bits per heavy atom. The minimum absolute atomic E-state index is 0. The molecule has 5 heteroatoms. The summed E-state index contributed by atoms with van der Waals surface area (Å²) in [6.07, 6.45) is 1.16. The summed E-state index contributed by atoms with van der Waals surface area (Å²) in [5.41, 5.74) is 2.17. The van der Waals surface area contributed by atoms with E-state index in [4.69, 9.17) is 14.2 Å². The average molecular weight is 348 g/mol. The predicted molar refractivity (Wildman–Crippen MR) is 89.4 cm³/mol. The SMILES string of the molecule is CC(C)O/C([O-])=C1\CCc2ccc(OCc3ccccc3)cc2O1.[Na+]. The third kappa shape index (κ3) is 5.43. The molecule has 4 nitrogen and oxygen atoms in total. The van der Waals surface area contributed by atoms with Crippen LogP contribution in [0, 0.1) is 0 Å². The summed E-state index contributed by atoms with van der Waals surface area (Å²) in [5, 5.41) is 12.0. The van der Waals surface area contributed by atoms with Crippen molar-refractivity contribution in [1.82, 2.24) is 0 Å². The van der Waals surface area contributed by atoms with E-state index in [1.807, 2.05) is 62.4 Å². The minimum Gasteiger partial charge on any atom is -0.608 e. The molecule has 1 aliphatic heterocycles. The Balaban J connectivity index is 0.00000225. The Labute approximate surface area is 170 Å². The second-order valence-corrected chi connectivity index (χ2v) is 6.02. The molecular formula is C20H21NaO4. The van der Waals surface area contributed by atoms with Crippen LogP contribution in [0.2, 0.25) is 0 Å².